The van der Waals surface area contributed by atoms with E-state index >= 15 is 0 Å². The van der Waals surface area contributed by atoms with E-state index in [1.54, 1.807) is 11.3 Å². The maximum absolute atomic E-state index is 12.6. The molecule has 0 spiro atoms. The highest BCUT2D eigenvalue weighted by atomic mass is 32.2. The van der Waals surface area contributed by atoms with Gasteiger partial charge in [-0.05, 0) is 30.2 Å². The fourth-order valence-corrected chi connectivity index (χ4v) is 6.02. The molecule has 2 N–H and O–H groups in total. The normalized spacial score (nSPS) is 20.0. The van der Waals surface area contributed by atoms with Crippen LogP contribution in [0, 0.1) is 5.92 Å². The third-order valence-electron chi connectivity index (χ3n) is 5.01. The summed E-state index contributed by atoms with van der Waals surface area (Å²) in [5, 5.41) is 8.24. The van der Waals surface area contributed by atoms with Crippen molar-refractivity contribution in [3.05, 3.63) is 33.2 Å². The molecule has 2 atom stereocenters. The number of thiophene rings is 2. The van der Waals surface area contributed by atoms with E-state index in [0.717, 1.165) is 16.9 Å². The largest absolute Gasteiger partial charge is 0.352 e. The second-order valence-electron chi connectivity index (χ2n) is 6.90. The lowest BCUT2D eigenvalue weighted by atomic mass is 9.86. The minimum Gasteiger partial charge on any atom is -0.352 e. The number of hydrogen-bond acceptors (Lipinski definition) is 6. The Morgan fingerprint density at radius 2 is 2.22 bits per heavy atom. The lowest BCUT2D eigenvalue weighted by Gasteiger charge is -2.29. The van der Waals surface area contributed by atoms with Crippen LogP contribution in [0.15, 0.2) is 32.8 Å². The average Bonchev–Trinajstić information content (AvgIpc) is 3.31. The number of aromatic nitrogens is 2. The SMILES string of the molecule is C[C@@H]1CCCC[C@H]1NC(=O)CSc1nc2scc(-c3cccs3)c2c(=O)[nH]1. The minimum atomic E-state index is -0.145. The number of hydrogen-bond donors (Lipinski definition) is 2. The molecule has 3 aromatic rings. The Bertz CT molecular complexity index is 993. The standard InChI is InChI=1S/C19H21N3O2S3/c1-11-5-2-3-6-13(11)20-15(23)10-27-19-21-17(24)16-12(9-26-18(16)22-19)14-7-4-8-25-14/h4,7-9,11,13H,2-3,5-6,10H2,1H3,(H,20,23)(H,21,22,24)/t11-,13-/m1/s1. The smallest absolute Gasteiger partial charge is 0.260 e. The number of fused-ring (bicyclic) bond motifs is 1. The molecule has 0 aliphatic heterocycles. The first-order chi connectivity index (χ1) is 13.1. The summed E-state index contributed by atoms with van der Waals surface area (Å²) in [6.07, 6.45) is 4.66. The molecule has 1 aliphatic carbocycles. The van der Waals surface area contributed by atoms with Gasteiger partial charge in [-0.1, -0.05) is 37.6 Å². The van der Waals surface area contributed by atoms with Crippen LogP contribution in [0.25, 0.3) is 20.7 Å². The fourth-order valence-electron chi connectivity index (χ4n) is 3.52. The molecule has 0 saturated heterocycles. The number of nitrogens with one attached hydrogen (secondary N) is 2. The van der Waals surface area contributed by atoms with Crippen molar-refractivity contribution >= 4 is 50.6 Å². The molecule has 27 heavy (non-hydrogen) atoms. The lowest BCUT2D eigenvalue weighted by Crippen LogP contribution is -2.41. The summed E-state index contributed by atoms with van der Waals surface area (Å²) in [5.74, 6) is 0.802. The maximum Gasteiger partial charge on any atom is 0.260 e. The van der Waals surface area contributed by atoms with Crippen molar-refractivity contribution in [3.8, 4) is 10.4 Å². The van der Waals surface area contributed by atoms with Gasteiger partial charge in [0.2, 0.25) is 5.91 Å². The van der Waals surface area contributed by atoms with Crippen molar-refractivity contribution in [2.45, 2.75) is 43.8 Å². The fraction of sp³-hybridized carbons (Fsp3) is 0.421. The Morgan fingerprint density at radius 1 is 1.37 bits per heavy atom. The van der Waals surface area contributed by atoms with Gasteiger partial charge in [0.25, 0.3) is 5.56 Å². The van der Waals surface area contributed by atoms with Crippen molar-refractivity contribution in [3.63, 3.8) is 0 Å². The van der Waals surface area contributed by atoms with Crippen molar-refractivity contribution in [2.75, 3.05) is 5.75 Å². The molecule has 1 amide bonds. The van der Waals surface area contributed by atoms with Crippen LogP contribution < -0.4 is 10.9 Å². The molecule has 1 aliphatic rings. The monoisotopic (exact) mass is 419 g/mol. The molecule has 0 bridgehead atoms. The van der Waals surface area contributed by atoms with E-state index in [9.17, 15) is 9.59 Å². The van der Waals surface area contributed by atoms with Crippen LogP contribution in [0.5, 0.6) is 0 Å². The number of aromatic amines is 1. The quantitative estimate of drug-likeness (QED) is 0.472. The molecule has 0 radical (unpaired) electrons. The van der Waals surface area contributed by atoms with E-state index in [1.165, 1.54) is 42.4 Å². The maximum atomic E-state index is 12.6. The van der Waals surface area contributed by atoms with Gasteiger partial charge in [0.15, 0.2) is 5.16 Å². The summed E-state index contributed by atoms with van der Waals surface area (Å²) < 4.78 is 0. The predicted octanol–water partition coefficient (Wildman–Crippen LogP) is 4.50. The first-order valence-corrected chi connectivity index (χ1v) is 11.8. The van der Waals surface area contributed by atoms with Crippen molar-refractivity contribution in [2.24, 2.45) is 5.92 Å². The highest BCUT2D eigenvalue weighted by molar-refractivity contribution is 7.99. The summed E-state index contributed by atoms with van der Waals surface area (Å²) in [6, 6.07) is 4.25. The van der Waals surface area contributed by atoms with Crippen molar-refractivity contribution in [1.82, 2.24) is 15.3 Å². The molecule has 8 heteroatoms. The van der Waals surface area contributed by atoms with Crippen LogP contribution in [-0.4, -0.2) is 27.7 Å². The first kappa shape index (κ1) is 18.7. The molecule has 3 heterocycles. The van der Waals surface area contributed by atoms with E-state index in [1.807, 2.05) is 22.9 Å². The second kappa shape index (κ2) is 8.16. The summed E-state index contributed by atoms with van der Waals surface area (Å²) in [7, 11) is 0. The van der Waals surface area contributed by atoms with E-state index < -0.39 is 0 Å². The van der Waals surface area contributed by atoms with Crippen LogP contribution in [0.2, 0.25) is 0 Å². The van der Waals surface area contributed by atoms with Gasteiger partial charge in [-0.3, -0.25) is 9.59 Å². The topological polar surface area (TPSA) is 74.8 Å². The Hall–Kier alpha value is -1.64. The van der Waals surface area contributed by atoms with Gasteiger partial charge in [-0.2, -0.15) is 0 Å². The number of amides is 1. The third-order valence-corrected chi connectivity index (χ3v) is 7.66. The van der Waals surface area contributed by atoms with Crippen LogP contribution in [0.1, 0.15) is 32.6 Å². The minimum absolute atomic E-state index is 0.00644. The summed E-state index contributed by atoms with van der Waals surface area (Å²) in [4.78, 5) is 34.0. The Morgan fingerprint density at radius 3 is 3.00 bits per heavy atom. The molecule has 5 nitrogen and oxygen atoms in total. The molecule has 1 fully saturated rings. The zero-order valence-electron chi connectivity index (χ0n) is 15.0. The van der Waals surface area contributed by atoms with Gasteiger partial charge in [0, 0.05) is 21.9 Å². The number of carbonyl (C=O) groups is 1. The van der Waals surface area contributed by atoms with Gasteiger partial charge in [0.05, 0.1) is 11.1 Å². The number of carbonyl (C=O) groups excluding carboxylic acids is 1. The molecule has 0 aromatic carbocycles. The zero-order valence-corrected chi connectivity index (χ0v) is 17.4. The zero-order chi connectivity index (χ0) is 18.8. The van der Waals surface area contributed by atoms with E-state index in [2.05, 4.69) is 22.2 Å². The van der Waals surface area contributed by atoms with Crippen LogP contribution in [0.3, 0.4) is 0 Å². The highest BCUT2D eigenvalue weighted by Gasteiger charge is 2.23. The van der Waals surface area contributed by atoms with Gasteiger partial charge in [-0.25, -0.2) is 4.98 Å². The van der Waals surface area contributed by atoms with Crippen molar-refractivity contribution in [1.29, 1.82) is 0 Å². The van der Waals surface area contributed by atoms with Gasteiger partial charge in [0.1, 0.15) is 4.83 Å². The van der Waals surface area contributed by atoms with E-state index in [-0.39, 0.29) is 23.3 Å². The van der Waals surface area contributed by atoms with E-state index in [0.29, 0.717) is 21.3 Å². The number of rotatable bonds is 5. The average molecular weight is 420 g/mol. The summed E-state index contributed by atoms with van der Waals surface area (Å²) >= 11 is 4.36. The number of thioether (sulfide) groups is 1. The van der Waals surface area contributed by atoms with Crippen LogP contribution in [-0.2, 0) is 4.79 Å². The van der Waals surface area contributed by atoms with Crippen LogP contribution in [0.4, 0.5) is 0 Å². The first-order valence-electron chi connectivity index (χ1n) is 9.09. The summed E-state index contributed by atoms with van der Waals surface area (Å²) in [5.41, 5.74) is 0.785. The number of nitrogens with zero attached hydrogens (tertiary/aromatic N) is 1. The molecule has 142 valence electrons. The second-order valence-corrected chi connectivity index (χ2v) is 9.67. The molecule has 0 unspecified atom stereocenters. The van der Waals surface area contributed by atoms with E-state index in [4.69, 9.17) is 0 Å². The van der Waals surface area contributed by atoms with Gasteiger partial charge >= 0.3 is 0 Å². The third kappa shape index (κ3) is 4.12. The number of H-pyrrole nitrogens is 1. The molecule has 4 rings (SSSR count). The predicted molar refractivity (Wildman–Crippen MR) is 114 cm³/mol. The summed E-state index contributed by atoms with van der Waals surface area (Å²) in [6.45, 7) is 2.20. The lowest BCUT2D eigenvalue weighted by molar-refractivity contribution is -0.119. The molecule has 3 aromatic heterocycles. The molecule has 1 saturated carbocycles. The van der Waals surface area contributed by atoms with Crippen molar-refractivity contribution < 1.29 is 4.79 Å². The van der Waals surface area contributed by atoms with Crippen LogP contribution >= 0.6 is 34.4 Å². The Balaban J connectivity index is 1.45. The molecular weight excluding hydrogens is 398 g/mol. The Labute approximate surface area is 169 Å². The van der Waals surface area contributed by atoms with Gasteiger partial charge in [-0.15, -0.1) is 22.7 Å². The molecular formula is C19H21N3O2S3. The Kier molecular flexibility index (Phi) is 5.66. The van der Waals surface area contributed by atoms with Gasteiger partial charge < -0.3 is 10.3 Å². The highest BCUT2D eigenvalue weighted by Crippen LogP contribution is 2.34.